The topological polar surface area (TPSA) is 17.1 Å². The van der Waals surface area contributed by atoms with Gasteiger partial charge in [0.15, 0.2) is 0 Å². The Morgan fingerprint density at radius 2 is 1.85 bits per heavy atom. The predicted octanol–water partition coefficient (Wildman–Crippen LogP) is 6.74. The molecule has 148 valence electrons. The van der Waals surface area contributed by atoms with Crippen LogP contribution in [0, 0.1) is 58.7 Å². The van der Waals surface area contributed by atoms with Crippen LogP contribution in [0.15, 0.2) is 0 Å². The lowest BCUT2D eigenvalue weighted by Gasteiger charge is -2.50. The fraction of sp³-hybridized carbons (Fsp3) is 0.958. The van der Waals surface area contributed by atoms with Crippen LogP contribution in [0.25, 0.3) is 0 Å². The Morgan fingerprint density at radius 1 is 1.08 bits per heavy atom. The van der Waals surface area contributed by atoms with E-state index in [-0.39, 0.29) is 0 Å². The van der Waals surface area contributed by atoms with Crippen molar-refractivity contribution in [2.45, 2.75) is 79.1 Å². The number of rotatable bonds is 5. The first-order valence-corrected chi connectivity index (χ1v) is 12.6. The summed E-state index contributed by atoms with van der Waals surface area (Å²) in [5.74, 6) is 7.68. The van der Waals surface area contributed by atoms with E-state index in [9.17, 15) is 4.79 Å². The van der Waals surface area contributed by atoms with Gasteiger partial charge in [-0.15, -0.1) is 0 Å². The molecule has 0 amide bonds. The molecule has 10 atom stereocenters. The van der Waals surface area contributed by atoms with Crippen molar-refractivity contribution in [3.05, 3.63) is 0 Å². The molecule has 0 N–H and O–H groups in total. The van der Waals surface area contributed by atoms with Crippen LogP contribution in [0.3, 0.4) is 0 Å². The highest BCUT2D eigenvalue weighted by atomic mass is 79.9. The molecule has 2 heteroatoms. The molecule has 26 heavy (non-hydrogen) atoms. The Labute approximate surface area is 169 Å². The van der Waals surface area contributed by atoms with Crippen molar-refractivity contribution in [3.8, 4) is 0 Å². The summed E-state index contributed by atoms with van der Waals surface area (Å²) in [6.07, 6.45) is 11.4. The number of halogens is 1. The average Bonchev–Trinajstić information content (AvgIpc) is 3.14. The number of alkyl halides is 1. The first-order valence-electron chi connectivity index (χ1n) is 11.5. The largest absolute Gasteiger partial charge is 0.298 e. The van der Waals surface area contributed by atoms with E-state index in [0.29, 0.717) is 28.4 Å². The Kier molecular flexibility index (Phi) is 5.39. The van der Waals surface area contributed by atoms with Gasteiger partial charge >= 0.3 is 0 Å². The molecular formula is C24H39BrO. The Balaban J connectivity index is 1.51. The first kappa shape index (κ1) is 19.5. The van der Waals surface area contributed by atoms with E-state index in [1.165, 1.54) is 51.4 Å². The summed E-state index contributed by atoms with van der Waals surface area (Å²) < 4.78 is 0. The smallest absolute Gasteiger partial charge is 0.147 e. The molecule has 0 bridgehead atoms. The van der Waals surface area contributed by atoms with E-state index in [1.807, 2.05) is 0 Å². The van der Waals surface area contributed by atoms with Crippen LogP contribution < -0.4 is 0 Å². The van der Waals surface area contributed by atoms with E-state index in [2.05, 4.69) is 43.6 Å². The maximum absolute atomic E-state index is 12.8. The maximum Gasteiger partial charge on any atom is 0.147 e. The van der Waals surface area contributed by atoms with Gasteiger partial charge in [0, 0.05) is 5.92 Å². The summed E-state index contributed by atoms with van der Waals surface area (Å²) in [6, 6.07) is 0. The fourth-order valence-corrected chi connectivity index (χ4v) is 8.64. The third-order valence-corrected chi connectivity index (χ3v) is 10.1. The van der Waals surface area contributed by atoms with Crippen LogP contribution in [0.5, 0.6) is 0 Å². The lowest BCUT2D eigenvalue weighted by atomic mass is 9.54. The van der Waals surface area contributed by atoms with Gasteiger partial charge in [-0.25, -0.2) is 0 Å². The molecule has 0 saturated heterocycles. The molecule has 0 radical (unpaired) electrons. The molecule has 4 saturated carbocycles. The predicted molar refractivity (Wildman–Crippen MR) is 112 cm³/mol. The molecule has 4 aliphatic carbocycles. The van der Waals surface area contributed by atoms with Crippen LogP contribution >= 0.6 is 15.9 Å². The summed E-state index contributed by atoms with van der Waals surface area (Å²) >= 11 is 3.50. The molecule has 0 aromatic carbocycles. The Bertz CT molecular complexity index is 544. The lowest BCUT2D eigenvalue weighted by Crippen LogP contribution is -2.46. The summed E-state index contributed by atoms with van der Waals surface area (Å²) in [5.41, 5.74) is 0.295. The third kappa shape index (κ3) is 3.05. The van der Waals surface area contributed by atoms with E-state index in [1.54, 1.807) is 0 Å². The highest BCUT2D eigenvalue weighted by Crippen LogP contribution is 2.75. The quantitative estimate of drug-likeness (QED) is 0.448. The molecule has 0 aromatic rings. The fourth-order valence-electron chi connectivity index (χ4n) is 8.29. The van der Waals surface area contributed by atoms with Crippen molar-refractivity contribution in [3.63, 3.8) is 0 Å². The van der Waals surface area contributed by atoms with Crippen molar-refractivity contribution in [1.29, 1.82) is 0 Å². The maximum atomic E-state index is 12.8. The van der Waals surface area contributed by atoms with Gasteiger partial charge in [-0.3, -0.25) is 4.79 Å². The van der Waals surface area contributed by atoms with Gasteiger partial charge in [-0.2, -0.15) is 0 Å². The van der Waals surface area contributed by atoms with Gasteiger partial charge in [-0.1, -0.05) is 69.3 Å². The minimum Gasteiger partial charge on any atom is -0.298 e. The molecule has 0 spiro atoms. The molecule has 0 aromatic heterocycles. The summed E-state index contributed by atoms with van der Waals surface area (Å²) in [6.45, 7) is 9.91. The van der Waals surface area contributed by atoms with Crippen molar-refractivity contribution >= 4 is 21.7 Å². The number of carbonyl (C=O) groups excluding carboxylic acids is 1. The van der Waals surface area contributed by atoms with E-state index >= 15 is 0 Å². The number of fused-ring (bicyclic) bond motifs is 3. The Hall–Kier alpha value is 0.150. The molecule has 2 unspecified atom stereocenters. The minimum atomic E-state index is 0.295. The zero-order valence-corrected chi connectivity index (χ0v) is 18.9. The van der Waals surface area contributed by atoms with E-state index in [4.69, 9.17) is 0 Å². The van der Waals surface area contributed by atoms with Gasteiger partial charge in [0.25, 0.3) is 0 Å². The highest BCUT2D eigenvalue weighted by molar-refractivity contribution is 9.09. The highest BCUT2D eigenvalue weighted by Gasteiger charge is 2.72. The number of hydrogen-bond donors (Lipinski definition) is 0. The minimum absolute atomic E-state index is 0.295. The van der Waals surface area contributed by atoms with Crippen LogP contribution in [-0.4, -0.2) is 11.1 Å². The van der Waals surface area contributed by atoms with Gasteiger partial charge in [0.1, 0.15) is 5.78 Å². The van der Waals surface area contributed by atoms with Crippen LogP contribution in [0.1, 0.15) is 79.1 Å². The van der Waals surface area contributed by atoms with Crippen LogP contribution in [0.4, 0.5) is 0 Å². The lowest BCUT2D eigenvalue weighted by molar-refractivity contribution is -0.128. The number of hydrogen-bond acceptors (Lipinski definition) is 1. The standard InChI is InChI=1S/C24H39BrO/c1-14-6-5-7-17(12-14)8-9-18-15(2)10-11-24(4)22(18)20-16(3)21(20)23(24)19(26)13-25/h14-18,20-23H,5-13H2,1-4H3/t14-,15?,16-,17+,18+,20+,21-,22?,23-,24-/m0/s1. The van der Waals surface area contributed by atoms with Crippen molar-refractivity contribution in [2.75, 3.05) is 5.33 Å². The van der Waals surface area contributed by atoms with Crippen LogP contribution in [-0.2, 0) is 4.79 Å². The number of Topliss-reactive ketones (excluding diaryl/α,β-unsaturated/α-hetero) is 1. The summed E-state index contributed by atoms with van der Waals surface area (Å²) in [7, 11) is 0. The van der Waals surface area contributed by atoms with Crippen molar-refractivity contribution < 1.29 is 4.79 Å². The second-order valence-electron chi connectivity index (χ2n) is 11.0. The molecule has 4 fully saturated rings. The average molecular weight is 423 g/mol. The van der Waals surface area contributed by atoms with E-state index < -0.39 is 0 Å². The third-order valence-electron chi connectivity index (χ3n) is 9.55. The van der Waals surface area contributed by atoms with E-state index in [0.717, 1.165) is 41.4 Å². The monoisotopic (exact) mass is 422 g/mol. The van der Waals surface area contributed by atoms with Crippen molar-refractivity contribution in [2.24, 2.45) is 58.7 Å². The normalized spacial score (nSPS) is 53.0. The summed E-state index contributed by atoms with van der Waals surface area (Å²) in [4.78, 5) is 12.8. The van der Waals surface area contributed by atoms with Gasteiger partial charge in [0.2, 0.25) is 0 Å². The number of carbonyl (C=O) groups is 1. The molecule has 4 rings (SSSR count). The van der Waals surface area contributed by atoms with Gasteiger partial charge < -0.3 is 0 Å². The summed E-state index contributed by atoms with van der Waals surface area (Å²) in [5, 5.41) is 0.566. The van der Waals surface area contributed by atoms with Crippen molar-refractivity contribution in [1.82, 2.24) is 0 Å². The Morgan fingerprint density at radius 3 is 2.54 bits per heavy atom. The molecule has 4 aliphatic rings. The SMILES string of the molecule is CC1CC[C@@]2(C)C([C@@H]1CC[C@H]1CCC[C@H](C)C1)[C@@H]1[C@H](C)[C@@H]1[C@@H]2C(=O)CBr. The zero-order valence-electron chi connectivity index (χ0n) is 17.3. The molecule has 0 heterocycles. The van der Waals surface area contributed by atoms with Gasteiger partial charge in [-0.05, 0) is 78.4 Å². The second kappa shape index (κ2) is 7.20. The van der Waals surface area contributed by atoms with Gasteiger partial charge in [0.05, 0.1) is 5.33 Å². The van der Waals surface area contributed by atoms with Crippen LogP contribution in [0.2, 0.25) is 0 Å². The molecule has 0 aliphatic heterocycles. The first-order chi connectivity index (χ1) is 12.4. The molecule has 1 nitrogen and oxygen atoms in total. The molecular weight excluding hydrogens is 384 g/mol. The zero-order chi connectivity index (χ0) is 18.6. The number of ketones is 1. The second-order valence-corrected chi connectivity index (χ2v) is 11.6.